The maximum atomic E-state index is 10.9. The van der Waals surface area contributed by atoms with Crippen molar-refractivity contribution < 1.29 is 19.3 Å². The van der Waals surface area contributed by atoms with Gasteiger partial charge in [0, 0.05) is 18.6 Å². The summed E-state index contributed by atoms with van der Waals surface area (Å²) in [5, 5.41) is 10.9. The first kappa shape index (κ1) is 28.0. The predicted octanol–water partition coefficient (Wildman–Crippen LogP) is 7.30. The topological polar surface area (TPSA) is 47.9 Å². The number of rotatable bonds is 14. The Labute approximate surface area is 217 Å². The minimum absolute atomic E-state index is 0.0796. The van der Waals surface area contributed by atoms with Crippen LogP contribution < -0.4 is 4.74 Å². The zero-order chi connectivity index (χ0) is 25.4. The molecule has 1 unspecified atom stereocenters. The van der Waals surface area contributed by atoms with Crippen molar-refractivity contribution in [2.24, 2.45) is 0 Å². The van der Waals surface area contributed by atoms with Crippen molar-refractivity contribution in [3.63, 3.8) is 0 Å². The smallest absolute Gasteiger partial charge is 0.157 e. The van der Waals surface area contributed by atoms with Crippen molar-refractivity contribution in [1.82, 2.24) is 0 Å². The lowest BCUT2D eigenvalue weighted by atomic mass is 9.98. The molecule has 1 N–H and O–H groups in total. The molecule has 0 saturated carbocycles. The van der Waals surface area contributed by atoms with Gasteiger partial charge in [0.2, 0.25) is 0 Å². The largest absolute Gasteiger partial charge is 0.489 e. The van der Waals surface area contributed by atoms with E-state index in [0.717, 1.165) is 61.2 Å². The molecule has 1 aliphatic heterocycles. The van der Waals surface area contributed by atoms with E-state index < -0.39 is 6.10 Å². The summed E-state index contributed by atoms with van der Waals surface area (Å²) in [6.45, 7) is 7.37. The quantitative estimate of drug-likeness (QED) is 0.171. The fourth-order valence-corrected chi connectivity index (χ4v) is 4.49. The molecule has 1 fully saturated rings. The van der Waals surface area contributed by atoms with Crippen molar-refractivity contribution in [3.05, 3.63) is 77.9 Å². The molecule has 3 atom stereocenters. The zero-order valence-electron chi connectivity index (χ0n) is 21.8. The number of hydrogen-bond acceptors (Lipinski definition) is 4. The molecule has 0 radical (unpaired) electrons. The monoisotopic (exact) mass is 490 g/mol. The SMILES string of the molecule is C=CCc1c(OCc2ccccc2)cccc1[C@@H](O)C#CCC[C@H](CCCCC)OC1CCCCO1. The molecule has 2 aromatic carbocycles. The van der Waals surface area contributed by atoms with Gasteiger partial charge in [-0.15, -0.1) is 12.5 Å². The maximum Gasteiger partial charge on any atom is 0.157 e. The first-order valence-electron chi connectivity index (χ1n) is 13.5. The second-order valence-electron chi connectivity index (χ2n) is 9.40. The molecule has 4 heteroatoms. The molecule has 1 heterocycles. The average molecular weight is 491 g/mol. The first-order chi connectivity index (χ1) is 17.7. The number of unbranched alkanes of at least 4 members (excludes halogenated alkanes) is 2. The van der Waals surface area contributed by atoms with Gasteiger partial charge in [0.25, 0.3) is 0 Å². The number of hydrogen-bond donors (Lipinski definition) is 1. The third kappa shape index (κ3) is 9.47. The third-order valence-electron chi connectivity index (χ3n) is 6.49. The van der Waals surface area contributed by atoms with Gasteiger partial charge in [0.15, 0.2) is 6.29 Å². The van der Waals surface area contributed by atoms with Gasteiger partial charge >= 0.3 is 0 Å². The van der Waals surface area contributed by atoms with Gasteiger partial charge in [-0.1, -0.05) is 80.6 Å². The van der Waals surface area contributed by atoms with Gasteiger partial charge in [-0.3, -0.25) is 0 Å². The van der Waals surface area contributed by atoms with Gasteiger partial charge in [-0.25, -0.2) is 0 Å². The number of allylic oxidation sites excluding steroid dienone is 1. The summed E-state index contributed by atoms with van der Waals surface area (Å²) in [5.41, 5.74) is 2.81. The van der Waals surface area contributed by atoms with E-state index >= 15 is 0 Å². The van der Waals surface area contributed by atoms with Crippen molar-refractivity contribution >= 4 is 0 Å². The van der Waals surface area contributed by atoms with Crippen LogP contribution in [0.1, 0.15) is 87.5 Å². The fourth-order valence-electron chi connectivity index (χ4n) is 4.49. The van der Waals surface area contributed by atoms with Crippen molar-refractivity contribution in [2.75, 3.05) is 6.61 Å². The number of aliphatic hydroxyl groups excluding tert-OH is 1. The van der Waals surface area contributed by atoms with E-state index in [1.165, 1.54) is 19.3 Å². The van der Waals surface area contributed by atoms with Crippen LogP contribution in [0.15, 0.2) is 61.2 Å². The molecule has 0 aromatic heterocycles. The minimum atomic E-state index is -0.874. The molecule has 1 aliphatic rings. The highest BCUT2D eigenvalue weighted by Crippen LogP contribution is 2.29. The second-order valence-corrected chi connectivity index (χ2v) is 9.40. The second kappa shape index (κ2) is 16.2. The van der Waals surface area contributed by atoms with Gasteiger partial charge in [-0.2, -0.15) is 0 Å². The molecule has 1 saturated heterocycles. The highest BCUT2D eigenvalue weighted by atomic mass is 16.7. The summed E-state index contributed by atoms with van der Waals surface area (Å²) < 4.78 is 18.2. The van der Waals surface area contributed by atoms with Crippen LogP contribution in [0, 0.1) is 11.8 Å². The van der Waals surface area contributed by atoms with Crippen LogP contribution in [0.2, 0.25) is 0 Å². The summed E-state index contributed by atoms with van der Waals surface area (Å²) in [6, 6.07) is 15.8. The Bertz CT molecular complexity index is 953. The number of benzene rings is 2. The van der Waals surface area contributed by atoms with E-state index in [4.69, 9.17) is 14.2 Å². The highest BCUT2D eigenvalue weighted by molar-refractivity contribution is 5.44. The zero-order valence-corrected chi connectivity index (χ0v) is 21.8. The molecule has 194 valence electrons. The van der Waals surface area contributed by atoms with Gasteiger partial charge < -0.3 is 19.3 Å². The normalized spacial score (nSPS) is 17.0. The fraction of sp³-hybridized carbons (Fsp3) is 0.500. The average Bonchev–Trinajstić information content (AvgIpc) is 2.91. The van der Waals surface area contributed by atoms with E-state index in [-0.39, 0.29) is 12.4 Å². The Balaban J connectivity index is 1.60. The molecule has 4 nitrogen and oxygen atoms in total. The summed E-state index contributed by atoms with van der Waals surface area (Å²) in [6.07, 6.45) is 11.0. The van der Waals surface area contributed by atoms with E-state index in [9.17, 15) is 5.11 Å². The summed E-state index contributed by atoms with van der Waals surface area (Å²) >= 11 is 0. The van der Waals surface area contributed by atoms with Crippen LogP contribution in [0.25, 0.3) is 0 Å². The Morgan fingerprint density at radius 3 is 2.72 bits per heavy atom. The molecule has 2 aromatic rings. The maximum absolute atomic E-state index is 10.9. The Morgan fingerprint density at radius 2 is 1.97 bits per heavy atom. The van der Waals surface area contributed by atoms with E-state index in [1.807, 2.05) is 54.6 Å². The van der Waals surface area contributed by atoms with Gasteiger partial charge in [0.1, 0.15) is 18.5 Å². The Hall–Kier alpha value is -2.58. The highest BCUT2D eigenvalue weighted by Gasteiger charge is 2.19. The number of aliphatic hydroxyl groups is 1. The molecule has 3 rings (SSSR count). The summed E-state index contributed by atoms with van der Waals surface area (Å²) in [7, 11) is 0. The molecular formula is C32H42O4. The van der Waals surface area contributed by atoms with E-state index in [2.05, 4.69) is 25.3 Å². The van der Waals surface area contributed by atoms with E-state index in [0.29, 0.717) is 19.4 Å². The van der Waals surface area contributed by atoms with Crippen LogP contribution in [-0.4, -0.2) is 24.1 Å². The van der Waals surface area contributed by atoms with Crippen molar-refractivity contribution in [3.8, 4) is 17.6 Å². The molecule has 0 aliphatic carbocycles. The first-order valence-corrected chi connectivity index (χ1v) is 13.5. The lowest BCUT2D eigenvalue weighted by Gasteiger charge is -2.27. The number of ether oxygens (including phenoxy) is 3. The third-order valence-corrected chi connectivity index (χ3v) is 6.49. The summed E-state index contributed by atoms with van der Waals surface area (Å²) in [4.78, 5) is 0. The van der Waals surface area contributed by atoms with Crippen LogP contribution in [0.5, 0.6) is 5.75 Å². The molecule has 0 bridgehead atoms. The van der Waals surface area contributed by atoms with Crippen LogP contribution in [0.3, 0.4) is 0 Å². The lowest BCUT2D eigenvalue weighted by Crippen LogP contribution is -2.28. The van der Waals surface area contributed by atoms with Gasteiger partial charge in [-0.05, 0) is 55.7 Å². The lowest BCUT2D eigenvalue weighted by molar-refractivity contribution is -0.190. The predicted molar refractivity (Wildman–Crippen MR) is 146 cm³/mol. The van der Waals surface area contributed by atoms with Crippen LogP contribution in [-0.2, 0) is 22.5 Å². The Morgan fingerprint density at radius 1 is 1.11 bits per heavy atom. The molecule has 0 amide bonds. The minimum Gasteiger partial charge on any atom is -0.489 e. The van der Waals surface area contributed by atoms with E-state index in [1.54, 1.807) is 0 Å². The van der Waals surface area contributed by atoms with Crippen LogP contribution in [0.4, 0.5) is 0 Å². The standard InChI is InChI=1S/C32H42O4/c1-3-5-7-18-27(36-32-23-12-13-24-34-32)19-10-11-21-30(33)28-20-14-22-31(29(28)15-4-2)35-25-26-16-8-6-9-17-26/h4,6,8-9,14,16-17,20,22,27,30,32-33H,2-3,5,7,10,12-13,15,18-19,23-25H2,1H3/t27-,30-,32?/m0/s1. The molecule has 0 spiro atoms. The van der Waals surface area contributed by atoms with Crippen LogP contribution >= 0.6 is 0 Å². The van der Waals surface area contributed by atoms with Crippen molar-refractivity contribution in [2.45, 2.75) is 96.2 Å². The Kier molecular flexibility index (Phi) is 12.6. The molecule has 36 heavy (non-hydrogen) atoms. The summed E-state index contributed by atoms with van der Waals surface area (Å²) in [5.74, 6) is 7.01. The van der Waals surface area contributed by atoms with Gasteiger partial charge in [0.05, 0.1) is 6.10 Å². The van der Waals surface area contributed by atoms with Crippen molar-refractivity contribution in [1.29, 1.82) is 0 Å². The molecular weight excluding hydrogens is 448 g/mol.